The highest BCUT2D eigenvalue weighted by molar-refractivity contribution is 9.10. The molecular formula is C9H8BrN3O2. The number of nitrogens with zero attached hydrogens (tertiary/aromatic N) is 1. The van der Waals surface area contributed by atoms with Gasteiger partial charge in [0.2, 0.25) is 0 Å². The number of esters is 1. The van der Waals surface area contributed by atoms with E-state index in [1.165, 1.54) is 7.11 Å². The highest BCUT2D eigenvalue weighted by atomic mass is 79.9. The number of anilines is 1. The van der Waals surface area contributed by atoms with E-state index >= 15 is 0 Å². The molecule has 3 N–H and O–H groups in total. The van der Waals surface area contributed by atoms with Gasteiger partial charge in [0.15, 0.2) is 5.82 Å². The van der Waals surface area contributed by atoms with Crippen molar-refractivity contribution >= 4 is 38.6 Å². The molecule has 0 fully saturated rings. The molecule has 0 atom stereocenters. The Hall–Kier alpha value is -1.56. The molecule has 0 saturated heterocycles. The number of benzene rings is 1. The summed E-state index contributed by atoms with van der Waals surface area (Å²) in [6, 6.07) is 3.39. The SMILES string of the molecule is COC(=O)c1ccc(Br)c2[nH]nc(N)c12. The number of nitrogen functional groups attached to an aromatic ring is 1. The number of carbonyl (C=O) groups excluding carboxylic acids is 1. The fourth-order valence-electron chi connectivity index (χ4n) is 1.40. The Balaban J connectivity index is 2.81. The summed E-state index contributed by atoms with van der Waals surface area (Å²) in [4.78, 5) is 11.5. The summed E-state index contributed by atoms with van der Waals surface area (Å²) in [6.45, 7) is 0. The van der Waals surface area contributed by atoms with E-state index in [0.29, 0.717) is 16.5 Å². The van der Waals surface area contributed by atoms with Crippen molar-refractivity contribution in [3.05, 3.63) is 22.2 Å². The fourth-order valence-corrected chi connectivity index (χ4v) is 1.82. The van der Waals surface area contributed by atoms with Gasteiger partial charge in [-0.15, -0.1) is 0 Å². The zero-order chi connectivity index (χ0) is 11.0. The summed E-state index contributed by atoms with van der Waals surface area (Å²) < 4.78 is 5.46. The third kappa shape index (κ3) is 1.46. The number of rotatable bonds is 1. The van der Waals surface area contributed by atoms with Crippen LogP contribution in [0.25, 0.3) is 10.9 Å². The normalized spacial score (nSPS) is 10.5. The van der Waals surface area contributed by atoms with Crippen molar-refractivity contribution in [2.45, 2.75) is 0 Å². The first kappa shape index (κ1) is 9.97. The summed E-state index contributed by atoms with van der Waals surface area (Å²) in [5.41, 5.74) is 6.76. The van der Waals surface area contributed by atoms with E-state index in [0.717, 1.165) is 4.47 Å². The molecule has 6 heteroatoms. The smallest absolute Gasteiger partial charge is 0.338 e. The number of hydrogen-bond donors (Lipinski definition) is 2. The lowest BCUT2D eigenvalue weighted by Gasteiger charge is -2.02. The van der Waals surface area contributed by atoms with Crippen LogP contribution in [-0.2, 0) is 4.74 Å². The average molecular weight is 270 g/mol. The predicted molar refractivity (Wildman–Crippen MR) is 59.5 cm³/mol. The number of aromatic nitrogens is 2. The first-order chi connectivity index (χ1) is 7.15. The van der Waals surface area contributed by atoms with Crippen LogP contribution in [0.1, 0.15) is 10.4 Å². The van der Waals surface area contributed by atoms with Gasteiger partial charge in [0, 0.05) is 4.47 Å². The maximum absolute atomic E-state index is 11.5. The van der Waals surface area contributed by atoms with Gasteiger partial charge in [0.1, 0.15) is 0 Å². The molecule has 1 aromatic heterocycles. The maximum Gasteiger partial charge on any atom is 0.338 e. The Labute approximate surface area is 93.7 Å². The summed E-state index contributed by atoms with van der Waals surface area (Å²) in [6.07, 6.45) is 0. The molecule has 0 amide bonds. The zero-order valence-electron chi connectivity index (χ0n) is 7.87. The van der Waals surface area contributed by atoms with Crippen molar-refractivity contribution in [1.82, 2.24) is 10.2 Å². The Kier molecular flexibility index (Phi) is 2.36. The van der Waals surface area contributed by atoms with E-state index in [-0.39, 0.29) is 5.82 Å². The number of nitrogens with two attached hydrogens (primary N) is 1. The van der Waals surface area contributed by atoms with Crippen LogP contribution in [0.2, 0.25) is 0 Å². The van der Waals surface area contributed by atoms with Crippen LogP contribution in [0, 0.1) is 0 Å². The zero-order valence-corrected chi connectivity index (χ0v) is 9.46. The first-order valence-corrected chi connectivity index (χ1v) is 4.95. The van der Waals surface area contributed by atoms with Gasteiger partial charge in [-0.05, 0) is 28.1 Å². The molecule has 0 radical (unpaired) electrons. The van der Waals surface area contributed by atoms with Gasteiger partial charge in [-0.2, -0.15) is 5.10 Å². The van der Waals surface area contributed by atoms with Gasteiger partial charge in [-0.3, -0.25) is 5.10 Å². The van der Waals surface area contributed by atoms with Gasteiger partial charge in [0.25, 0.3) is 0 Å². The minimum atomic E-state index is -0.430. The van der Waals surface area contributed by atoms with E-state index in [4.69, 9.17) is 5.73 Å². The molecular weight excluding hydrogens is 262 g/mol. The number of aromatic amines is 1. The van der Waals surface area contributed by atoms with Gasteiger partial charge < -0.3 is 10.5 Å². The molecule has 2 aromatic rings. The summed E-state index contributed by atoms with van der Waals surface area (Å²) >= 11 is 3.34. The van der Waals surface area contributed by atoms with Crippen LogP contribution in [0.15, 0.2) is 16.6 Å². The fraction of sp³-hybridized carbons (Fsp3) is 0.111. The lowest BCUT2D eigenvalue weighted by atomic mass is 10.1. The van der Waals surface area contributed by atoms with Crippen molar-refractivity contribution in [2.75, 3.05) is 12.8 Å². The van der Waals surface area contributed by atoms with E-state index in [9.17, 15) is 4.79 Å². The van der Waals surface area contributed by atoms with E-state index in [1.54, 1.807) is 12.1 Å². The van der Waals surface area contributed by atoms with Gasteiger partial charge in [-0.25, -0.2) is 4.79 Å². The van der Waals surface area contributed by atoms with E-state index < -0.39 is 5.97 Å². The van der Waals surface area contributed by atoms with Gasteiger partial charge >= 0.3 is 5.97 Å². The Bertz CT molecular complexity index is 535. The van der Waals surface area contributed by atoms with E-state index in [1.807, 2.05) is 0 Å². The number of nitrogens with one attached hydrogen (secondary N) is 1. The Morgan fingerprint density at radius 3 is 3.00 bits per heavy atom. The summed E-state index contributed by atoms with van der Waals surface area (Å²) in [7, 11) is 1.33. The molecule has 0 spiro atoms. The molecule has 1 aromatic carbocycles. The molecule has 0 unspecified atom stereocenters. The number of carbonyl (C=O) groups is 1. The minimum Gasteiger partial charge on any atom is -0.465 e. The molecule has 5 nitrogen and oxygen atoms in total. The van der Waals surface area contributed by atoms with Crippen molar-refractivity contribution in [3.8, 4) is 0 Å². The van der Waals surface area contributed by atoms with Gasteiger partial charge in [-0.1, -0.05) is 0 Å². The molecule has 1 heterocycles. The Morgan fingerprint density at radius 2 is 2.33 bits per heavy atom. The maximum atomic E-state index is 11.5. The second-order valence-electron chi connectivity index (χ2n) is 2.95. The lowest BCUT2D eigenvalue weighted by Crippen LogP contribution is -2.02. The van der Waals surface area contributed by atoms with Crippen LogP contribution in [0.5, 0.6) is 0 Å². The van der Waals surface area contributed by atoms with Crippen molar-refractivity contribution in [1.29, 1.82) is 0 Å². The molecule has 0 aliphatic rings. The molecule has 15 heavy (non-hydrogen) atoms. The molecule has 78 valence electrons. The average Bonchev–Trinajstić information content (AvgIpc) is 2.62. The quantitative estimate of drug-likeness (QED) is 0.773. The Morgan fingerprint density at radius 1 is 1.60 bits per heavy atom. The van der Waals surface area contributed by atoms with Crippen LogP contribution < -0.4 is 5.73 Å². The number of halogens is 1. The lowest BCUT2D eigenvalue weighted by molar-refractivity contribution is 0.0603. The molecule has 2 rings (SSSR count). The molecule has 0 aliphatic heterocycles. The largest absolute Gasteiger partial charge is 0.465 e. The van der Waals surface area contributed by atoms with Crippen LogP contribution >= 0.6 is 15.9 Å². The predicted octanol–water partition coefficient (Wildman–Crippen LogP) is 1.69. The van der Waals surface area contributed by atoms with Gasteiger partial charge in [0.05, 0.1) is 23.6 Å². The highest BCUT2D eigenvalue weighted by Crippen LogP contribution is 2.29. The van der Waals surface area contributed by atoms with Crippen molar-refractivity contribution < 1.29 is 9.53 Å². The standard InChI is InChI=1S/C9H8BrN3O2/c1-15-9(14)4-2-3-5(10)7-6(4)8(11)13-12-7/h2-3H,1H3,(H3,11,12,13). The van der Waals surface area contributed by atoms with Crippen LogP contribution in [0.3, 0.4) is 0 Å². The second kappa shape index (κ2) is 3.54. The number of fused-ring (bicyclic) bond motifs is 1. The number of ether oxygens (including phenoxy) is 1. The number of hydrogen-bond acceptors (Lipinski definition) is 4. The van der Waals surface area contributed by atoms with Crippen LogP contribution in [0.4, 0.5) is 5.82 Å². The minimum absolute atomic E-state index is 0.284. The molecule has 0 bridgehead atoms. The summed E-state index contributed by atoms with van der Waals surface area (Å²) in [5.74, 6) is -0.146. The topological polar surface area (TPSA) is 81.0 Å². The molecule has 0 saturated carbocycles. The molecule has 0 aliphatic carbocycles. The highest BCUT2D eigenvalue weighted by Gasteiger charge is 2.16. The van der Waals surface area contributed by atoms with E-state index in [2.05, 4.69) is 30.9 Å². The van der Waals surface area contributed by atoms with Crippen LogP contribution in [-0.4, -0.2) is 23.3 Å². The third-order valence-corrected chi connectivity index (χ3v) is 2.76. The number of H-pyrrole nitrogens is 1. The monoisotopic (exact) mass is 269 g/mol. The summed E-state index contributed by atoms with van der Waals surface area (Å²) in [5, 5.41) is 7.17. The second-order valence-corrected chi connectivity index (χ2v) is 3.80. The van der Waals surface area contributed by atoms with Crippen molar-refractivity contribution in [3.63, 3.8) is 0 Å². The first-order valence-electron chi connectivity index (χ1n) is 4.15. The number of methoxy groups -OCH3 is 1. The third-order valence-electron chi connectivity index (χ3n) is 2.10. The van der Waals surface area contributed by atoms with Crippen molar-refractivity contribution in [2.24, 2.45) is 0 Å².